The SMILES string of the molecule is C[C@H](Cn1cnc2c(N)ncnc21)OCP(=O)(OCCC(C)(C)C(=O)O)Oc1ccccc1.O=C(O)/C=C/C(=O)O. The number of ether oxygens (including phenoxy) is 1. The first-order chi connectivity index (χ1) is 19.2. The molecule has 0 saturated carbocycles. The maximum absolute atomic E-state index is 13.4. The maximum Gasteiger partial charge on any atom is 0.404 e. The van der Waals surface area contributed by atoms with Crippen molar-refractivity contribution in [1.82, 2.24) is 19.5 Å². The summed E-state index contributed by atoms with van der Waals surface area (Å²) >= 11 is 0. The topological polar surface area (TPSA) is 226 Å². The zero-order valence-corrected chi connectivity index (χ0v) is 23.5. The van der Waals surface area contributed by atoms with Gasteiger partial charge >= 0.3 is 25.5 Å². The van der Waals surface area contributed by atoms with Crippen molar-refractivity contribution in [1.29, 1.82) is 0 Å². The number of para-hydroxylation sites is 1. The van der Waals surface area contributed by atoms with Gasteiger partial charge in [-0.15, -0.1) is 0 Å². The monoisotopic (exact) mass is 593 g/mol. The van der Waals surface area contributed by atoms with E-state index in [1.807, 2.05) is 0 Å². The number of nitrogens with zero attached hydrogens (tertiary/aromatic N) is 4. The highest BCUT2D eigenvalue weighted by Gasteiger charge is 2.32. The molecule has 2 aromatic heterocycles. The van der Waals surface area contributed by atoms with Gasteiger partial charge in [0.1, 0.15) is 17.6 Å². The number of nitrogens with two attached hydrogens (primary N) is 1. The number of carboxylic acids is 3. The van der Waals surface area contributed by atoms with Crippen LogP contribution in [0.1, 0.15) is 27.2 Å². The highest BCUT2D eigenvalue weighted by atomic mass is 31.2. The van der Waals surface area contributed by atoms with E-state index in [2.05, 4.69) is 15.0 Å². The Hall–Kier alpha value is -4.33. The highest BCUT2D eigenvalue weighted by molar-refractivity contribution is 7.54. The number of anilines is 1. The predicted molar refractivity (Wildman–Crippen MR) is 146 cm³/mol. The summed E-state index contributed by atoms with van der Waals surface area (Å²) in [7, 11) is -3.74. The van der Waals surface area contributed by atoms with Crippen LogP contribution >= 0.6 is 7.60 Å². The molecular formula is C25H32N5O10P. The smallest absolute Gasteiger partial charge is 0.404 e. The fourth-order valence-electron chi connectivity index (χ4n) is 3.00. The molecule has 0 radical (unpaired) electrons. The van der Waals surface area contributed by atoms with Gasteiger partial charge in [0.2, 0.25) is 0 Å². The van der Waals surface area contributed by atoms with Crippen molar-refractivity contribution in [2.45, 2.75) is 39.8 Å². The lowest BCUT2D eigenvalue weighted by molar-refractivity contribution is -0.147. The minimum Gasteiger partial charge on any atom is -0.481 e. The number of imidazole rings is 1. The van der Waals surface area contributed by atoms with E-state index in [-0.39, 0.29) is 25.2 Å². The summed E-state index contributed by atoms with van der Waals surface area (Å²) in [5.41, 5.74) is 5.85. The molecule has 222 valence electrons. The Morgan fingerprint density at radius 3 is 2.29 bits per heavy atom. The molecule has 5 N–H and O–H groups in total. The second-order valence-corrected chi connectivity index (χ2v) is 11.2. The summed E-state index contributed by atoms with van der Waals surface area (Å²) in [5, 5.41) is 24.9. The van der Waals surface area contributed by atoms with Gasteiger partial charge in [-0.2, -0.15) is 0 Å². The Balaban J connectivity index is 0.000000642. The van der Waals surface area contributed by atoms with Gasteiger partial charge < -0.3 is 34.9 Å². The molecule has 0 aliphatic rings. The standard InChI is InChI=1S/C21H28N5O6P.C4H4O4/c1-15(11-26-13-25-17-18(22)23-12-24-19(17)26)30-14-33(29,32-16-7-5-4-6-8-16)31-10-9-21(2,3)20(27)28;5-3(6)1-2-4(7)8/h4-8,12-13,15H,9-11,14H2,1-3H3,(H,27,28)(H2,22,23,24);1-2H,(H,5,6)(H,7,8)/b;2-1+/t15-,33?;/m1./s1. The molecule has 1 aromatic carbocycles. The Kier molecular flexibility index (Phi) is 11.9. The Bertz CT molecular complexity index is 1390. The van der Waals surface area contributed by atoms with Gasteiger partial charge in [0.05, 0.1) is 31.0 Å². The molecule has 15 nitrogen and oxygen atoms in total. The zero-order valence-electron chi connectivity index (χ0n) is 22.6. The largest absolute Gasteiger partial charge is 0.481 e. The number of fused-ring (bicyclic) bond motifs is 1. The molecule has 0 saturated heterocycles. The first-order valence-electron chi connectivity index (χ1n) is 12.1. The fourth-order valence-corrected chi connectivity index (χ4v) is 4.43. The molecule has 0 fully saturated rings. The highest BCUT2D eigenvalue weighted by Crippen LogP contribution is 2.49. The van der Waals surface area contributed by atoms with E-state index in [1.54, 1.807) is 62.0 Å². The number of hydrogen-bond acceptors (Lipinski definition) is 11. The minimum atomic E-state index is -3.74. The van der Waals surface area contributed by atoms with E-state index >= 15 is 0 Å². The lowest BCUT2D eigenvalue weighted by Crippen LogP contribution is -2.25. The van der Waals surface area contributed by atoms with Crippen LogP contribution < -0.4 is 10.3 Å². The predicted octanol–water partition coefficient (Wildman–Crippen LogP) is 3.27. The molecule has 2 heterocycles. The molecule has 3 rings (SSSR count). The van der Waals surface area contributed by atoms with Crippen LogP contribution in [0.2, 0.25) is 0 Å². The van der Waals surface area contributed by atoms with Gasteiger partial charge in [-0.3, -0.25) is 9.32 Å². The second-order valence-electron chi connectivity index (χ2n) is 9.23. The third kappa shape index (κ3) is 11.0. The second kappa shape index (κ2) is 14.9. The molecule has 41 heavy (non-hydrogen) atoms. The van der Waals surface area contributed by atoms with Crippen molar-refractivity contribution in [2.75, 3.05) is 18.7 Å². The van der Waals surface area contributed by atoms with Gasteiger partial charge in [-0.1, -0.05) is 18.2 Å². The van der Waals surface area contributed by atoms with Gasteiger partial charge in [0, 0.05) is 12.2 Å². The Morgan fingerprint density at radius 1 is 1.07 bits per heavy atom. The van der Waals surface area contributed by atoms with Gasteiger partial charge in [-0.05, 0) is 39.3 Å². The van der Waals surface area contributed by atoms with Crippen LogP contribution in [-0.4, -0.2) is 71.8 Å². The normalized spacial score (nSPS) is 13.6. The molecule has 0 amide bonds. The van der Waals surface area contributed by atoms with Crippen LogP contribution in [0.5, 0.6) is 5.75 Å². The van der Waals surface area contributed by atoms with Crippen molar-refractivity contribution in [3.05, 3.63) is 55.1 Å². The molecular weight excluding hydrogens is 561 g/mol. The summed E-state index contributed by atoms with van der Waals surface area (Å²) in [6, 6.07) is 8.60. The summed E-state index contributed by atoms with van der Waals surface area (Å²) < 4.78 is 32.2. The van der Waals surface area contributed by atoms with E-state index in [0.717, 1.165) is 0 Å². The number of aliphatic carboxylic acids is 3. The average molecular weight is 594 g/mol. The van der Waals surface area contributed by atoms with E-state index in [4.69, 9.17) is 29.7 Å². The lowest BCUT2D eigenvalue weighted by Gasteiger charge is -2.24. The molecule has 0 aliphatic carbocycles. The van der Waals surface area contributed by atoms with Crippen molar-refractivity contribution in [2.24, 2.45) is 5.41 Å². The number of nitrogen functional groups attached to an aromatic ring is 1. The first-order valence-corrected chi connectivity index (χ1v) is 13.8. The summed E-state index contributed by atoms with van der Waals surface area (Å²) in [6.07, 6.45) is 3.49. The van der Waals surface area contributed by atoms with Gasteiger partial charge in [-0.25, -0.2) is 29.1 Å². The van der Waals surface area contributed by atoms with Crippen LogP contribution in [0.25, 0.3) is 11.2 Å². The summed E-state index contributed by atoms with van der Waals surface area (Å²) in [5.74, 6) is -2.83. The average Bonchev–Trinajstić information content (AvgIpc) is 3.31. The van der Waals surface area contributed by atoms with Crippen molar-refractivity contribution in [3.8, 4) is 5.75 Å². The molecule has 0 spiro atoms. The molecule has 3 aromatic rings. The maximum atomic E-state index is 13.4. The third-order valence-electron chi connectivity index (χ3n) is 5.35. The first kappa shape index (κ1) is 32.9. The number of aromatic nitrogens is 4. The van der Waals surface area contributed by atoms with Crippen LogP contribution in [0.15, 0.2) is 55.1 Å². The number of benzene rings is 1. The quantitative estimate of drug-likeness (QED) is 0.155. The van der Waals surface area contributed by atoms with Crippen LogP contribution in [0.3, 0.4) is 0 Å². The number of hydrogen-bond donors (Lipinski definition) is 4. The van der Waals surface area contributed by atoms with E-state index in [9.17, 15) is 24.1 Å². The van der Waals surface area contributed by atoms with Crippen molar-refractivity contribution in [3.63, 3.8) is 0 Å². The molecule has 0 bridgehead atoms. The number of carbonyl (C=O) groups is 3. The van der Waals surface area contributed by atoms with Crippen molar-refractivity contribution < 1.29 is 48.1 Å². The van der Waals surface area contributed by atoms with Crippen molar-refractivity contribution >= 4 is 42.5 Å². The third-order valence-corrected chi connectivity index (χ3v) is 6.88. The lowest BCUT2D eigenvalue weighted by atomic mass is 9.90. The van der Waals surface area contributed by atoms with E-state index in [1.165, 1.54) is 6.33 Å². The molecule has 2 atom stereocenters. The van der Waals surface area contributed by atoms with Gasteiger partial charge in [0.25, 0.3) is 0 Å². The minimum absolute atomic E-state index is 0.0660. The van der Waals surface area contributed by atoms with Crippen LogP contribution in [0, 0.1) is 5.41 Å². The van der Waals surface area contributed by atoms with E-state index < -0.39 is 37.0 Å². The Morgan fingerprint density at radius 2 is 1.71 bits per heavy atom. The fraction of sp³-hybridized carbons (Fsp3) is 0.360. The van der Waals surface area contributed by atoms with Crippen LogP contribution in [0.4, 0.5) is 5.82 Å². The van der Waals surface area contributed by atoms with Crippen LogP contribution in [-0.2, 0) is 34.8 Å². The molecule has 0 aliphatic heterocycles. The van der Waals surface area contributed by atoms with E-state index in [0.29, 0.717) is 35.6 Å². The summed E-state index contributed by atoms with van der Waals surface area (Å²) in [6.45, 7) is 5.25. The van der Waals surface area contributed by atoms with Gasteiger partial charge in [0.15, 0.2) is 17.8 Å². The number of rotatable bonds is 14. The Labute approximate surface area is 235 Å². The number of carboxylic acid groups (broad SMARTS) is 3. The summed E-state index contributed by atoms with van der Waals surface area (Å²) in [4.78, 5) is 42.8. The molecule has 16 heteroatoms. The zero-order chi connectivity index (χ0) is 30.6. The molecule has 1 unspecified atom stereocenters.